The van der Waals surface area contributed by atoms with E-state index in [1.807, 2.05) is 0 Å². The van der Waals surface area contributed by atoms with Gasteiger partial charge in [-0.15, -0.1) is 0 Å². The number of nitrogens with two attached hydrogens (primary N) is 1. The van der Waals surface area contributed by atoms with Gasteiger partial charge in [0.1, 0.15) is 0 Å². The van der Waals surface area contributed by atoms with E-state index in [2.05, 4.69) is 12.2 Å². The maximum absolute atomic E-state index is 10.7. The first-order valence-corrected chi connectivity index (χ1v) is 6.85. The third-order valence-corrected chi connectivity index (χ3v) is 4.54. The second kappa shape index (κ2) is 5.03. The molecule has 2 aliphatic rings. The van der Waals surface area contributed by atoms with Gasteiger partial charge in [-0.25, -0.2) is 0 Å². The zero-order valence-electron chi connectivity index (χ0n) is 10.4. The lowest BCUT2D eigenvalue weighted by atomic mass is 9.73. The van der Waals surface area contributed by atoms with Crippen molar-refractivity contribution < 1.29 is 5.11 Å². The van der Waals surface area contributed by atoms with Gasteiger partial charge in [-0.1, -0.05) is 13.3 Å². The van der Waals surface area contributed by atoms with Crippen molar-refractivity contribution in [1.29, 1.82) is 0 Å². The van der Waals surface area contributed by atoms with E-state index in [-0.39, 0.29) is 12.1 Å². The van der Waals surface area contributed by atoms with Crippen LogP contribution in [0, 0.1) is 5.92 Å². The van der Waals surface area contributed by atoms with Gasteiger partial charge in [0.2, 0.25) is 0 Å². The van der Waals surface area contributed by atoms with Crippen LogP contribution < -0.4 is 11.1 Å². The van der Waals surface area contributed by atoms with Crippen LogP contribution >= 0.6 is 0 Å². The zero-order valence-corrected chi connectivity index (χ0v) is 10.4. The predicted octanol–water partition coefficient (Wildman–Crippen LogP) is 1.40. The maximum atomic E-state index is 10.7. The van der Waals surface area contributed by atoms with E-state index >= 15 is 0 Å². The Morgan fingerprint density at radius 3 is 2.94 bits per heavy atom. The minimum atomic E-state index is -0.536. The Morgan fingerprint density at radius 1 is 1.44 bits per heavy atom. The Hall–Kier alpha value is -0.120. The van der Waals surface area contributed by atoms with Gasteiger partial charge < -0.3 is 16.2 Å². The quantitative estimate of drug-likeness (QED) is 0.667. The highest BCUT2D eigenvalue weighted by Crippen LogP contribution is 2.35. The minimum Gasteiger partial charge on any atom is -0.388 e. The molecule has 0 amide bonds. The minimum absolute atomic E-state index is 0.197. The van der Waals surface area contributed by atoms with Gasteiger partial charge in [-0.3, -0.25) is 0 Å². The summed E-state index contributed by atoms with van der Waals surface area (Å²) < 4.78 is 0. The Morgan fingerprint density at radius 2 is 2.25 bits per heavy atom. The zero-order chi connectivity index (χ0) is 11.6. The third kappa shape index (κ3) is 2.58. The SMILES string of the molecule is CCC1CCNC(C2(O)CCCC(N)C2)C1. The fourth-order valence-electron chi connectivity index (χ4n) is 3.42. The molecule has 3 heteroatoms. The number of rotatable bonds is 2. The number of piperidine rings is 1. The smallest absolute Gasteiger partial charge is 0.0814 e. The molecule has 0 spiro atoms. The van der Waals surface area contributed by atoms with Crippen molar-refractivity contribution in [2.24, 2.45) is 11.7 Å². The first-order valence-electron chi connectivity index (χ1n) is 6.85. The summed E-state index contributed by atoms with van der Waals surface area (Å²) >= 11 is 0. The summed E-state index contributed by atoms with van der Waals surface area (Å²) in [6, 6.07) is 0.472. The van der Waals surface area contributed by atoms with Gasteiger partial charge in [-0.05, 0) is 51.0 Å². The largest absolute Gasteiger partial charge is 0.388 e. The van der Waals surface area contributed by atoms with Crippen LogP contribution in [0.4, 0.5) is 0 Å². The molecule has 94 valence electrons. The molecule has 2 rings (SSSR count). The Kier molecular flexibility index (Phi) is 3.88. The fourth-order valence-corrected chi connectivity index (χ4v) is 3.42. The lowest BCUT2D eigenvalue weighted by Gasteiger charge is -2.45. The van der Waals surface area contributed by atoms with Gasteiger partial charge in [0.25, 0.3) is 0 Å². The van der Waals surface area contributed by atoms with Crippen molar-refractivity contribution in [3.05, 3.63) is 0 Å². The summed E-state index contributed by atoms with van der Waals surface area (Å²) in [5.41, 5.74) is 5.46. The summed E-state index contributed by atoms with van der Waals surface area (Å²) in [4.78, 5) is 0. The van der Waals surface area contributed by atoms with E-state index in [9.17, 15) is 5.11 Å². The van der Waals surface area contributed by atoms with Crippen LogP contribution in [0.5, 0.6) is 0 Å². The topological polar surface area (TPSA) is 58.3 Å². The molecular weight excluding hydrogens is 200 g/mol. The second-order valence-electron chi connectivity index (χ2n) is 5.77. The van der Waals surface area contributed by atoms with Crippen molar-refractivity contribution >= 4 is 0 Å². The summed E-state index contributed by atoms with van der Waals surface area (Å²) in [7, 11) is 0. The molecule has 0 aromatic heterocycles. The van der Waals surface area contributed by atoms with Gasteiger partial charge in [-0.2, -0.15) is 0 Å². The molecule has 4 N–H and O–H groups in total. The molecule has 1 aliphatic heterocycles. The average molecular weight is 226 g/mol. The molecular formula is C13H26N2O. The monoisotopic (exact) mass is 226 g/mol. The first-order chi connectivity index (χ1) is 7.64. The van der Waals surface area contributed by atoms with Crippen LogP contribution in [0.15, 0.2) is 0 Å². The van der Waals surface area contributed by atoms with E-state index in [0.29, 0.717) is 0 Å². The Balaban J connectivity index is 1.98. The highest BCUT2D eigenvalue weighted by Gasteiger charge is 2.41. The number of aliphatic hydroxyl groups is 1. The molecule has 0 aromatic rings. The van der Waals surface area contributed by atoms with Crippen molar-refractivity contribution in [1.82, 2.24) is 5.32 Å². The second-order valence-corrected chi connectivity index (χ2v) is 5.77. The molecule has 1 heterocycles. The molecule has 0 aromatic carbocycles. The highest BCUT2D eigenvalue weighted by atomic mass is 16.3. The number of nitrogens with one attached hydrogen (secondary N) is 1. The van der Waals surface area contributed by atoms with Crippen molar-refractivity contribution in [2.45, 2.75) is 69.6 Å². The molecule has 16 heavy (non-hydrogen) atoms. The van der Waals surface area contributed by atoms with E-state index < -0.39 is 5.60 Å². The predicted molar refractivity (Wildman–Crippen MR) is 66.2 cm³/mol. The average Bonchev–Trinajstić information content (AvgIpc) is 2.29. The molecule has 3 nitrogen and oxygen atoms in total. The molecule has 0 bridgehead atoms. The summed E-state index contributed by atoms with van der Waals surface area (Å²) in [5, 5.41) is 14.2. The summed E-state index contributed by atoms with van der Waals surface area (Å²) in [5.74, 6) is 0.786. The molecule has 1 aliphatic carbocycles. The van der Waals surface area contributed by atoms with E-state index in [0.717, 1.165) is 44.6 Å². The third-order valence-electron chi connectivity index (χ3n) is 4.54. The lowest BCUT2D eigenvalue weighted by molar-refractivity contribution is -0.0485. The van der Waals surface area contributed by atoms with Gasteiger partial charge in [0, 0.05) is 12.1 Å². The number of hydrogen-bond donors (Lipinski definition) is 3. The van der Waals surface area contributed by atoms with Crippen LogP contribution in [-0.2, 0) is 0 Å². The summed E-state index contributed by atoms with van der Waals surface area (Å²) in [6.45, 7) is 3.31. The highest BCUT2D eigenvalue weighted by molar-refractivity contribution is 4.99. The van der Waals surface area contributed by atoms with Crippen molar-refractivity contribution in [3.8, 4) is 0 Å². The van der Waals surface area contributed by atoms with Crippen molar-refractivity contribution in [2.75, 3.05) is 6.54 Å². The van der Waals surface area contributed by atoms with Crippen LogP contribution in [0.1, 0.15) is 51.9 Å². The normalized spacial score (nSPS) is 45.6. The van der Waals surface area contributed by atoms with E-state index in [1.165, 1.54) is 12.8 Å². The van der Waals surface area contributed by atoms with Gasteiger partial charge >= 0.3 is 0 Å². The van der Waals surface area contributed by atoms with E-state index in [4.69, 9.17) is 5.73 Å². The van der Waals surface area contributed by atoms with Gasteiger partial charge in [0.05, 0.1) is 5.60 Å². The van der Waals surface area contributed by atoms with Crippen LogP contribution in [0.2, 0.25) is 0 Å². The molecule has 4 unspecified atom stereocenters. The van der Waals surface area contributed by atoms with Crippen LogP contribution in [0.3, 0.4) is 0 Å². The molecule has 0 radical (unpaired) electrons. The lowest BCUT2D eigenvalue weighted by Crippen LogP contribution is -2.57. The summed E-state index contributed by atoms with van der Waals surface area (Å²) in [6.07, 6.45) is 7.48. The standard InChI is InChI=1S/C13H26N2O/c1-2-10-5-7-15-12(8-10)13(16)6-3-4-11(14)9-13/h10-12,15-16H,2-9,14H2,1H3. The van der Waals surface area contributed by atoms with Crippen LogP contribution in [-0.4, -0.2) is 29.3 Å². The number of hydrogen-bond acceptors (Lipinski definition) is 3. The van der Waals surface area contributed by atoms with Gasteiger partial charge in [0.15, 0.2) is 0 Å². The Bertz CT molecular complexity index is 234. The van der Waals surface area contributed by atoms with Crippen LogP contribution in [0.25, 0.3) is 0 Å². The van der Waals surface area contributed by atoms with Crippen molar-refractivity contribution in [3.63, 3.8) is 0 Å². The molecule has 4 atom stereocenters. The fraction of sp³-hybridized carbons (Fsp3) is 1.00. The van der Waals surface area contributed by atoms with E-state index in [1.54, 1.807) is 0 Å². The molecule has 1 saturated carbocycles. The first kappa shape index (κ1) is 12.3. The Labute approximate surface area is 98.8 Å². The molecule has 1 saturated heterocycles. The molecule has 2 fully saturated rings. The maximum Gasteiger partial charge on any atom is 0.0814 e.